The maximum absolute atomic E-state index is 13.1. The third kappa shape index (κ3) is 6.15. The number of rotatable bonds is 7. The molecule has 1 N–H and O–H groups in total. The number of halogens is 2. The normalized spacial score (nSPS) is 10.7. The minimum atomic E-state index is -0.246. The van der Waals surface area contributed by atoms with Gasteiger partial charge in [0.1, 0.15) is 11.6 Å². The summed E-state index contributed by atoms with van der Waals surface area (Å²) in [6.45, 7) is 1.09. The van der Waals surface area contributed by atoms with Crippen LogP contribution in [0.5, 0.6) is 17.2 Å². The fourth-order valence-electron chi connectivity index (χ4n) is 2.73. The molecule has 0 bridgehead atoms. The van der Waals surface area contributed by atoms with Crippen LogP contribution in [0.25, 0.3) is 0 Å². The van der Waals surface area contributed by atoms with E-state index >= 15 is 0 Å². The van der Waals surface area contributed by atoms with Gasteiger partial charge >= 0.3 is 0 Å². The predicted molar refractivity (Wildman–Crippen MR) is 120 cm³/mol. The van der Waals surface area contributed by atoms with E-state index in [1.807, 2.05) is 18.0 Å². The Hall–Kier alpha value is -2.23. The molecule has 2 rings (SSSR count). The van der Waals surface area contributed by atoms with E-state index in [0.717, 1.165) is 11.1 Å². The van der Waals surface area contributed by atoms with Gasteiger partial charge in [-0.3, -0.25) is 4.99 Å². The van der Waals surface area contributed by atoms with Gasteiger partial charge in [-0.2, -0.15) is 0 Å². The molecule has 0 heterocycles. The smallest absolute Gasteiger partial charge is 0.193 e. The molecule has 8 heteroatoms. The molecule has 28 heavy (non-hydrogen) atoms. The summed E-state index contributed by atoms with van der Waals surface area (Å²) in [5.74, 6) is 2.39. The molecule has 0 spiro atoms. The van der Waals surface area contributed by atoms with Gasteiger partial charge in [0.05, 0.1) is 21.3 Å². The Morgan fingerprint density at radius 2 is 1.57 bits per heavy atom. The summed E-state index contributed by atoms with van der Waals surface area (Å²) >= 11 is 0. The van der Waals surface area contributed by atoms with E-state index < -0.39 is 0 Å². The number of hydrogen-bond donors (Lipinski definition) is 1. The van der Waals surface area contributed by atoms with E-state index in [-0.39, 0.29) is 29.8 Å². The molecule has 0 fully saturated rings. The van der Waals surface area contributed by atoms with Crippen LogP contribution in [0.1, 0.15) is 11.1 Å². The zero-order valence-electron chi connectivity index (χ0n) is 16.8. The van der Waals surface area contributed by atoms with E-state index in [9.17, 15) is 4.39 Å². The van der Waals surface area contributed by atoms with Gasteiger partial charge in [-0.25, -0.2) is 4.39 Å². The van der Waals surface area contributed by atoms with Crippen molar-refractivity contribution in [1.29, 1.82) is 0 Å². The number of benzene rings is 2. The molecule has 0 atom stereocenters. The third-order valence-corrected chi connectivity index (χ3v) is 4.13. The van der Waals surface area contributed by atoms with Crippen LogP contribution in [-0.4, -0.2) is 46.3 Å². The summed E-state index contributed by atoms with van der Waals surface area (Å²) in [6.07, 6.45) is 0. The Morgan fingerprint density at radius 3 is 2.11 bits per heavy atom. The highest BCUT2D eigenvalue weighted by Crippen LogP contribution is 2.34. The SMILES string of the molecule is CN=C(NCc1cc(OC)c(OC)cc1OC)N(C)Cc1ccc(F)cc1.I. The van der Waals surface area contributed by atoms with Crippen molar-refractivity contribution in [1.82, 2.24) is 10.2 Å². The van der Waals surface area contributed by atoms with Crippen LogP contribution >= 0.6 is 24.0 Å². The van der Waals surface area contributed by atoms with Gasteiger partial charge in [-0.15, -0.1) is 24.0 Å². The summed E-state index contributed by atoms with van der Waals surface area (Å²) < 4.78 is 29.2. The molecule has 0 amide bonds. The highest BCUT2D eigenvalue weighted by molar-refractivity contribution is 14.0. The number of aliphatic imine (C=N–C) groups is 1. The number of hydrogen-bond acceptors (Lipinski definition) is 4. The summed E-state index contributed by atoms with van der Waals surface area (Å²) in [5, 5.41) is 3.31. The number of nitrogens with zero attached hydrogens (tertiary/aromatic N) is 2. The Kier molecular flexibility index (Phi) is 9.84. The Labute approximate surface area is 182 Å². The zero-order chi connectivity index (χ0) is 19.8. The van der Waals surface area contributed by atoms with Gasteiger partial charge < -0.3 is 24.4 Å². The molecule has 0 saturated carbocycles. The van der Waals surface area contributed by atoms with Crippen molar-refractivity contribution >= 4 is 29.9 Å². The van der Waals surface area contributed by atoms with E-state index in [4.69, 9.17) is 14.2 Å². The highest BCUT2D eigenvalue weighted by atomic mass is 127. The summed E-state index contributed by atoms with van der Waals surface area (Å²) in [6, 6.07) is 10.1. The van der Waals surface area contributed by atoms with Crippen molar-refractivity contribution in [2.45, 2.75) is 13.1 Å². The second kappa shape index (κ2) is 11.6. The molecule has 0 saturated heterocycles. The maximum Gasteiger partial charge on any atom is 0.193 e. The van der Waals surface area contributed by atoms with E-state index in [2.05, 4.69) is 10.3 Å². The van der Waals surface area contributed by atoms with E-state index in [1.165, 1.54) is 12.1 Å². The fraction of sp³-hybridized carbons (Fsp3) is 0.350. The number of ether oxygens (including phenoxy) is 3. The molecular weight excluding hydrogens is 476 g/mol. The minimum Gasteiger partial charge on any atom is -0.496 e. The van der Waals surface area contributed by atoms with Crippen LogP contribution in [0.2, 0.25) is 0 Å². The van der Waals surface area contributed by atoms with E-state index in [0.29, 0.717) is 36.3 Å². The summed E-state index contributed by atoms with van der Waals surface area (Å²) in [4.78, 5) is 6.27. The molecule has 0 radical (unpaired) electrons. The summed E-state index contributed by atoms with van der Waals surface area (Å²) in [7, 11) is 8.43. The molecule has 0 unspecified atom stereocenters. The number of nitrogens with one attached hydrogen (secondary N) is 1. The number of methoxy groups -OCH3 is 3. The van der Waals surface area contributed by atoms with Crippen LogP contribution in [0, 0.1) is 5.82 Å². The molecule has 0 aliphatic heterocycles. The predicted octanol–water partition coefficient (Wildman–Crippen LogP) is 3.68. The van der Waals surface area contributed by atoms with Crippen LogP contribution in [0.3, 0.4) is 0 Å². The lowest BCUT2D eigenvalue weighted by Gasteiger charge is -2.23. The van der Waals surface area contributed by atoms with Gasteiger partial charge in [-0.1, -0.05) is 12.1 Å². The largest absolute Gasteiger partial charge is 0.496 e. The topological polar surface area (TPSA) is 55.3 Å². The first-order chi connectivity index (χ1) is 13.0. The molecule has 0 aliphatic carbocycles. The quantitative estimate of drug-likeness (QED) is 0.355. The van der Waals surface area contributed by atoms with E-state index in [1.54, 1.807) is 46.6 Å². The van der Waals surface area contributed by atoms with Gasteiger partial charge in [-0.05, 0) is 23.8 Å². The first kappa shape index (κ1) is 23.8. The standard InChI is InChI=1S/C20H26FN3O3.HI/c1-22-20(24(2)13-14-6-8-16(21)9-7-14)23-12-15-10-18(26-4)19(27-5)11-17(15)25-3;/h6-11H,12-13H2,1-5H3,(H,22,23);1H. The average molecular weight is 503 g/mol. The highest BCUT2D eigenvalue weighted by Gasteiger charge is 2.13. The maximum atomic E-state index is 13.1. The van der Waals surface area contributed by atoms with Gasteiger partial charge in [0, 0.05) is 38.8 Å². The van der Waals surface area contributed by atoms with Gasteiger partial charge in [0.25, 0.3) is 0 Å². The molecular formula is C20H27FIN3O3. The Morgan fingerprint density at radius 1 is 1.00 bits per heavy atom. The lowest BCUT2D eigenvalue weighted by Crippen LogP contribution is -2.38. The van der Waals surface area contributed by atoms with Crippen molar-refractivity contribution < 1.29 is 18.6 Å². The first-order valence-electron chi connectivity index (χ1n) is 8.47. The monoisotopic (exact) mass is 503 g/mol. The van der Waals surface area contributed by atoms with Gasteiger partial charge in [0.2, 0.25) is 0 Å². The summed E-state index contributed by atoms with van der Waals surface area (Å²) in [5.41, 5.74) is 1.90. The van der Waals surface area contributed by atoms with Crippen LogP contribution < -0.4 is 19.5 Å². The molecule has 2 aromatic rings. The molecule has 2 aromatic carbocycles. The number of guanidine groups is 1. The zero-order valence-corrected chi connectivity index (χ0v) is 19.1. The van der Waals surface area contributed by atoms with Crippen molar-refractivity contribution in [2.75, 3.05) is 35.4 Å². The second-order valence-electron chi connectivity index (χ2n) is 5.90. The Balaban J connectivity index is 0.00000392. The lowest BCUT2D eigenvalue weighted by molar-refractivity contribution is 0.347. The molecule has 6 nitrogen and oxygen atoms in total. The van der Waals surface area contributed by atoms with Crippen molar-refractivity contribution in [2.24, 2.45) is 4.99 Å². The van der Waals surface area contributed by atoms with Gasteiger partial charge in [0.15, 0.2) is 17.5 Å². The van der Waals surface area contributed by atoms with Crippen molar-refractivity contribution in [3.05, 3.63) is 53.3 Å². The average Bonchev–Trinajstić information content (AvgIpc) is 2.69. The third-order valence-electron chi connectivity index (χ3n) is 4.13. The minimum absolute atomic E-state index is 0. The molecule has 0 aliphatic rings. The second-order valence-corrected chi connectivity index (χ2v) is 5.90. The lowest BCUT2D eigenvalue weighted by atomic mass is 10.1. The van der Waals surface area contributed by atoms with Crippen LogP contribution in [0.4, 0.5) is 4.39 Å². The van der Waals surface area contributed by atoms with Crippen molar-refractivity contribution in [3.8, 4) is 17.2 Å². The molecule has 154 valence electrons. The fourth-order valence-corrected chi connectivity index (χ4v) is 2.73. The first-order valence-corrected chi connectivity index (χ1v) is 8.47. The molecule has 0 aromatic heterocycles. The van der Waals surface area contributed by atoms with Crippen molar-refractivity contribution in [3.63, 3.8) is 0 Å². The van der Waals surface area contributed by atoms with Crippen LogP contribution in [-0.2, 0) is 13.1 Å². The Bertz CT molecular complexity index is 785. The van der Waals surface area contributed by atoms with Crippen LogP contribution in [0.15, 0.2) is 41.4 Å².